The minimum atomic E-state index is -3.11. The molecule has 20 heteroatoms. The Balaban J connectivity index is -0.0000000757. The minimum absolute atomic E-state index is 0. The minimum Gasteiger partial charge on any atom is -0.870 e. The third-order valence-corrected chi connectivity index (χ3v) is 10.7. The smallest absolute Gasteiger partial charge is 0 e. The average molecular weight is 2050 g/mol. The molecule has 0 fully saturated rings. The van der Waals surface area contributed by atoms with E-state index >= 15 is 0 Å². The molecular formula is C72H120O8Rh8Si4-8. The van der Waals surface area contributed by atoms with Crippen LogP contribution >= 0.6 is 0 Å². The number of hydrogen-bond donors (Lipinski definition) is 0. The van der Waals surface area contributed by atoms with Gasteiger partial charge in [-0.3, -0.25) is 0 Å². The van der Waals surface area contributed by atoms with Crippen molar-refractivity contribution < 1.29 is 194 Å². The molecule has 0 heterocycles. The van der Waals surface area contributed by atoms with Gasteiger partial charge in [0.2, 0.25) is 0 Å². The van der Waals surface area contributed by atoms with E-state index in [1.807, 2.05) is 0 Å². The van der Waals surface area contributed by atoms with Crippen molar-refractivity contribution in [2.75, 3.05) is 0 Å². The fourth-order valence-corrected chi connectivity index (χ4v) is 6.85. The molecule has 8 aliphatic rings. The van der Waals surface area contributed by atoms with E-state index in [1.54, 1.807) is 0 Å². The Hall–Kier alpha value is 1.37. The molecule has 0 aromatic rings. The van der Waals surface area contributed by atoms with Crippen LogP contribution in [0.4, 0.5) is 0 Å². The van der Waals surface area contributed by atoms with Crippen LogP contribution < -0.4 is 38.4 Å². The first kappa shape index (κ1) is 120. The summed E-state index contributed by atoms with van der Waals surface area (Å²) in [6.07, 6.45) is 112. The van der Waals surface area contributed by atoms with Crippen LogP contribution in [-0.4, -0.2) is 34.2 Å². The van der Waals surface area contributed by atoms with Crippen LogP contribution in [0, 0.1) is 0 Å². The van der Waals surface area contributed by atoms with Crippen molar-refractivity contribution in [1.29, 1.82) is 0 Å². The van der Waals surface area contributed by atoms with Gasteiger partial charge in [0.05, 0.1) is 0 Å². The molecule has 8 rings (SSSR count). The summed E-state index contributed by atoms with van der Waals surface area (Å²) in [5, 5.41) is 0. The van der Waals surface area contributed by atoms with Crippen molar-refractivity contribution in [3.05, 3.63) is 194 Å². The molecule has 0 unspecified atom stereocenters. The molecule has 92 heavy (non-hydrogen) atoms. The van der Waals surface area contributed by atoms with Crippen LogP contribution in [-0.2, 0) is 156 Å². The van der Waals surface area contributed by atoms with Crippen molar-refractivity contribution in [3.8, 4) is 0 Å². The van der Waals surface area contributed by atoms with Crippen molar-refractivity contribution in [3.63, 3.8) is 0 Å². The molecule has 0 saturated heterocycles. The molecular weight excluding hydrogens is 1930 g/mol. The number of allylic oxidation sites excluding steroid dienone is 32. The molecule has 0 bridgehead atoms. The summed E-state index contributed by atoms with van der Waals surface area (Å²) in [4.78, 5) is 77.5. The fraction of sp³-hybridized carbons (Fsp3) is 0.556. The fourth-order valence-electron chi connectivity index (χ4n) is 6.85. The Labute approximate surface area is 673 Å². The van der Waals surface area contributed by atoms with Crippen molar-refractivity contribution in [1.82, 2.24) is 0 Å². The van der Waals surface area contributed by atoms with E-state index in [1.165, 1.54) is 258 Å². The molecule has 0 spiro atoms. The summed E-state index contributed by atoms with van der Waals surface area (Å²) in [6.45, 7) is 9.72. The van der Waals surface area contributed by atoms with Crippen LogP contribution in [0.25, 0.3) is 0 Å². The van der Waals surface area contributed by atoms with E-state index < -0.39 is 34.2 Å². The second-order valence-corrected chi connectivity index (χ2v) is 33.6. The monoisotopic (exact) mass is 2050 g/mol. The zero-order valence-corrected chi connectivity index (χ0v) is 74.1. The van der Waals surface area contributed by atoms with Crippen LogP contribution in [0.5, 0.6) is 0 Å². The van der Waals surface area contributed by atoms with E-state index in [0.29, 0.717) is 0 Å². The van der Waals surface area contributed by atoms with Gasteiger partial charge in [0.1, 0.15) is 0 Å². The Bertz CT molecular complexity index is 1310. The van der Waals surface area contributed by atoms with Gasteiger partial charge < -0.3 is 38.4 Å². The Kier molecular flexibility index (Phi) is 126. The van der Waals surface area contributed by atoms with Crippen LogP contribution in [0.3, 0.4) is 0 Å². The molecule has 0 saturated carbocycles. The number of hydrogen-bond acceptors (Lipinski definition) is 8. The van der Waals surface area contributed by atoms with Gasteiger partial charge in [0.15, 0.2) is 0 Å². The van der Waals surface area contributed by atoms with Gasteiger partial charge in [-0.2, -0.15) is 34.2 Å². The third-order valence-electron chi connectivity index (χ3n) is 10.7. The van der Waals surface area contributed by atoms with Gasteiger partial charge in [-0.05, 0) is 205 Å². The van der Waals surface area contributed by atoms with Gasteiger partial charge in [0, 0.05) is 156 Å². The second-order valence-electron chi connectivity index (χ2n) is 22.4. The SMILES string of the molecule is C1=C\CC/C=C\CC/1.C1=C\CC/C=C\CC/1.C1=C\CC/C=C\CC/1.C1=C\CC/C=C\CC/1.C1=C\CC/C=C\CC/1.C1=C\CC/C=C\CC/1.C1=C\CC/C=C\CC/1.C1=C\CC/C=C\CC/1.C[Si](C)([O-])[O-].C[Si](C)([O-])[O-].C[Si](C)([O-])[O-].C[Si](C)([O-])[O-].[Rh].[Rh].[Rh].[Rh].[Rh].[Rh].[Rh].[Rh]. The molecule has 0 aromatic carbocycles. The van der Waals surface area contributed by atoms with Gasteiger partial charge in [-0.15, -0.1) is 52.4 Å². The topological polar surface area (TPSA) is 184 Å². The van der Waals surface area contributed by atoms with Crippen LogP contribution in [0.1, 0.15) is 205 Å². The first-order valence-electron chi connectivity index (χ1n) is 32.0. The van der Waals surface area contributed by atoms with E-state index in [-0.39, 0.29) is 156 Å². The molecule has 0 aromatic heterocycles. The van der Waals surface area contributed by atoms with Gasteiger partial charge >= 0.3 is 0 Å². The molecule has 8 aliphatic carbocycles. The van der Waals surface area contributed by atoms with E-state index in [2.05, 4.69) is 194 Å². The average Bonchev–Trinajstić information content (AvgIpc) is 3.27. The molecule has 8 nitrogen and oxygen atoms in total. The molecule has 552 valence electrons. The molecule has 0 atom stereocenters. The summed E-state index contributed by atoms with van der Waals surface area (Å²) >= 11 is 0. The zero-order valence-electron chi connectivity index (χ0n) is 57.0. The van der Waals surface area contributed by atoms with E-state index in [9.17, 15) is 38.4 Å². The van der Waals surface area contributed by atoms with Crippen molar-refractivity contribution in [2.45, 2.75) is 258 Å². The summed E-state index contributed by atoms with van der Waals surface area (Å²) in [7, 11) is -12.4. The van der Waals surface area contributed by atoms with E-state index in [0.717, 1.165) is 0 Å². The maximum absolute atomic E-state index is 9.69. The molecule has 8 radical (unpaired) electrons. The van der Waals surface area contributed by atoms with Gasteiger partial charge in [0.25, 0.3) is 0 Å². The predicted molar refractivity (Wildman–Crippen MR) is 364 cm³/mol. The van der Waals surface area contributed by atoms with Gasteiger partial charge in [-0.1, -0.05) is 194 Å². The molecule has 0 amide bonds. The Morgan fingerprint density at radius 3 is 0.163 bits per heavy atom. The zero-order chi connectivity index (χ0) is 63.3. The van der Waals surface area contributed by atoms with E-state index in [4.69, 9.17) is 0 Å². The summed E-state index contributed by atoms with van der Waals surface area (Å²) < 4.78 is 0. The van der Waals surface area contributed by atoms with Gasteiger partial charge in [-0.25, -0.2) is 0 Å². The Morgan fingerprint density at radius 2 is 0.141 bits per heavy atom. The predicted octanol–water partition coefficient (Wildman–Crippen LogP) is 15.0. The van der Waals surface area contributed by atoms with Crippen LogP contribution in [0.2, 0.25) is 52.4 Å². The maximum atomic E-state index is 9.69. The quantitative estimate of drug-likeness (QED) is 0.169. The first-order chi connectivity index (χ1) is 40.0. The largest absolute Gasteiger partial charge is 0.870 e. The maximum Gasteiger partial charge on any atom is 0 e. The summed E-state index contributed by atoms with van der Waals surface area (Å²) in [6, 6.07) is 0. The third kappa shape index (κ3) is 175. The molecule has 0 N–H and O–H groups in total. The molecule has 0 aliphatic heterocycles. The normalized spacial score (nSPS) is 22.1. The van der Waals surface area contributed by atoms with Crippen molar-refractivity contribution >= 4 is 34.2 Å². The standard InChI is InChI=1S/8C8H12.4C2H6O2Si.8Rh/c8*1-2-4-6-8-7-5-3-1;4*1-5(2,3)4;;;;;;;;/h8*1-2,7-8H,3-6H2;4*1-2H3;;;;;;;;/q;;;;;;;;4*-2;;;;;;;;/b8*2-1-,8-7-;;;;;;;;;;;;. The second kappa shape index (κ2) is 96.6. The first-order valence-corrected chi connectivity index (χ1v) is 43.3. The Morgan fingerprint density at radius 1 is 0.120 bits per heavy atom. The number of rotatable bonds is 0. The van der Waals surface area contributed by atoms with Crippen molar-refractivity contribution in [2.24, 2.45) is 0 Å². The summed E-state index contributed by atoms with van der Waals surface area (Å²) in [5.41, 5.74) is 0. The summed E-state index contributed by atoms with van der Waals surface area (Å²) in [5.74, 6) is 0. The van der Waals surface area contributed by atoms with Crippen LogP contribution in [0.15, 0.2) is 194 Å².